The van der Waals surface area contributed by atoms with E-state index in [1.165, 1.54) is 0 Å². The van der Waals surface area contributed by atoms with E-state index in [9.17, 15) is 0 Å². The third kappa shape index (κ3) is 342. The normalized spacial score (nSPS) is 15.7. The van der Waals surface area contributed by atoms with Crippen LogP contribution in [0.15, 0.2) is 0 Å². The zero-order chi connectivity index (χ0) is 9.95. The molecule has 76 valence electrons. The van der Waals surface area contributed by atoms with Crippen molar-refractivity contribution < 1.29 is 24.6 Å². The maximum atomic E-state index is 8.74. The van der Waals surface area contributed by atoms with Crippen molar-refractivity contribution in [3.8, 4) is 0 Å². The second-order valence-electron chi connectivity index (χ2n) is 0.924. The Morgan fingerprint density at radius 1 is 0.909 bits per heavy atom. The summed E-state index contributed by atoms with van der Waals surface area (Å²) in [6.07, 6.45) is 0. The van der Waals surface area contributed by atoms with Crippen molar-refractivity contribution in [2.45, 2.75) is 0 Å². The first-order chi connectivity index (χ1) is 4.24. The van der Waals surface area contributed by atoms with E-state index in [1.807, 2.05) is 0 Å². The fourth-order valence-corrected chi connectivity index (χ4v) is 0. The molecule has 11 heavy (non-hydrogen) atoms. The van der Waals surface area contributed by atoms with Crippen molar-refractivity contribution in [1.29, 1.82) is 0 Å². The first-order valence-corrected chi connectivity index (χ1v) is 9.89. The number of hydrogen-bond acceptors (Lipinski definition) is 2. The number of hydrogen-bond donors (Lipinski definition) is 2. The van der Waals surface area contributed by atoms with Gasteiger partial charge in [-0.2, -0.15) is 8.42 Å². The monoisotopic (exact) mass is 332 g/mol. The summed E-state index contributed by atoms with van der Waals surface area (Å²) in [5.41, 5.74) is 0. The van der Waals surface area contributed by atoms with E-state index in [0.29, 0.717) is 0 Å². The molecule has 0 bridgehead atoms. The van der Waals surface area contributed by atoms with Crippen LogP contribution in [-0.2, 0) is 17.5 Å². The van der Waals surface area contributed by atoms with Crippen molar-refractivity contribution in [1.82, 2.24) is 0 Å². The summed E-state index contributed by atoms with van der Waals surface area (Å²) in [5, 5.41) is 0. The molecule has 0 saturated heterocycles. The molecule has 0 saturated carbocycles. The number of halogens is 5. The molecular weight excluding hydrogens is 332 g/mol. The summed E-state index contributed by atoms with van der Waals surface area (Å²) in [7, 11) is 16.5. The van der Waals surface area contributed by atoms with Gasteiger partial charge in [-0.15, -0.1) is 0 Å². The molecule has 2 N–H and O–H groups in total. The summed E-state index contributed by atoms with van der Waals surface area (Å²) in [4.78, 5) is 0. The van der Waals surface area contributed by atoms with Gasteiger partial charge < -0.3 is 0 Å². The van der Waals surface area contributed by atoms with Crippen molar-refractivity contribution in [3.05, 3.63) is 0 Å². The molecule has 0 atom stereocenters. The van der Waals surface area contributed by atoms with Crippen LogP contribution in [0.5, 0.6) is 0 Å². The third-order valence-corrected chi connectivity index (χ3v) is 0. The molecule has 11 heteroatoms. The Labute approximate surface area is 85.1 Å². The third-order valence-electron chi connectivity index (χ3n) is 0. The Morgan fingerprint density at radius 3 is 0.909 bits per heavy atom. The van der Waals surface area contributed by atoms with Crippen LogP contribution in [-0.4, -0.2) is 17.5 Å². The summed E-state index contributed by atoms with van der Waals surface area (Å²) < 4.78 is 31.6. The maximum absolute atomic E-state index is 8.74. The Kier molecular flexibility index (Phi) is 6.07. The van der Waals surface area contributed by atoms with Gasteiger partial charge in [0.05, 0.1) is 0 Å². The van der Waals surface area contributed by atoms with E-state index in [4.69, 9.17) is 68.3 Å². The molecular formula is H2Cl5CoO4S. The Balaban J connectivity index is 0. The molecule has 0 aliphatic rings. The first-order valence-electron chi connectivity index (χ1n) is 1.33. The van der Waals surface area contributed by atoms with Crippen LogP contribution >= 0.6 is 50.7 Å². The molecule has 0 aromatic carbocycles. The first kappa shape index (κ1) is 15.3. The average molecular weight is 334 g/mol. The van der Waals surface area contributed by atoms with Gasteiger partial charge in [0.2, 0.25) is 0 Å². The van der Waals surface area contributed by atoms with Crippen molar-refractivity contribution >= 4 is 61.1 Å². The molecule has 0 radical (unpaired) electrons. The van der Waals surface area contributed by atoms with Crippen molar-refractivity contribution in [3.63, 3.8) is 0 Å². The van der Waals surface area contributed by atoms with Gasteiger partial charge in [0.25, 0.3) is 0 Å². The van der Waals surface area contributed by atoms with Crippen LogP contribution < -0.4 is 0 Å². The van der Waals surface area contributed by atoms with Crippen LogP contribution in [0.25, 0.3) is 0 Å². The molecule has 0 unspecified atom stereocenters. The molecule has 0 aliphatic heterocycles. The van der Waals surface area contributed by atoms with Gasteiger partial charge >= 0.3 is 68.2 Å². The number of rotatable bonds is 0. The van der Waals surface area contributed by atoms with Crippen LogP contribution in [0.2, 0.25) is 0 Å². The minimum atomic E-state index is -4.67. The molecule has 0 fully saturated rings. The second kappa shape index (κ2) is 4.36. The summed E-state index contributed by atoms with van der Waals surface area (Å²) in [5.74, 6) is 0. The van der Waals surface area contributed by atoms with Gasteiger partial charge in [0.15, 0.2) is 0 Å². The molecule has 0 amide bonds. The molecule has 0 rings (SSSR count). The van der Waals surface area contributed by atoms with Crippen LogP contribution in [0.1, 0.15) is 0 Å². The fraction of sp³-hybridized carbons (Fsp3) is 0. The van der Waals surface area contributed by atoms with E-state index >= 15 is 0 Å². The zero-order valence-corrected chi connectivity index (χ0v) is 9.98. The fourth-order valence-electron chi connectivity index (χ4n) is 0. The van der Waals surface area contributed by atoms with E-state index < -0.39 is 17.5 Å². The Bertz CT molecular complexity index is 183. The summed E-state index contributed by atoms with van der Waals surface area (Å²) in [6.45, 7) is 0. The molecule has 0 aliphatic carbocycles. The van der Waals surface area contributed by atoms with Gasteiger partial charge in [0.1, 0.15) is 0 Å². The minimum absolute atomic E-state index is 3.68. The van der Waals surface area contributed by atoms with E-state index in [0.717, 1.165) is 0 Å². The molecule has 0 spiro atoms. The molecule has 0 aromatic rings. The van der Waals surface area contributed by atoms with Crippen molar-refractivity contribution in [2.24, 2.45) is 0 Å². The van der Waals surface area contributed by atoms with Gasteiger partial charge in [-0.3, -0.25) is 9.11 Å². The Hall–Kier alpha value is 1.83. The predicted octanol–water partition coefficient (Wildman–Crippen LogP) is 2.79. The van der Waals surface area contributed by atoms with Gasteiger partial charge in [-0.25, -0.2) is 0 Å². The van der Waals surface area contributed by atoms with E-state index in [1.54, 1.807) is 0 Å². The van der Waals surface area contributed by atoms with Crippen molar-refractivity contribution in [2.75, 3.05) is 0 Å². The predicted molar refractivity (Wildman–Crippen MR) is 43.4 cm³/mol. The van der Waals surface area contributed by atoms with Gasteiger partial charge in [-0.05, 0) is 0 Å². The molecule has 0 aromatic heterocycles. The molecule has 4 nitrogen and oxygen atoms in total. The van der Waals surface area contributed by atoms with Crippen LogP contribution in [0.4, 0.5) is 0 Å². The van der Waals surface area contributed by atoms with E-state index in [2.05, 4.69) is 0 Å². The second-order valence-corrected chi connectivity index (χ2v) is 19.0. The van der Waals surface area contributed by atoms with E-state index in [-0.39, 0.29) is 0 Å². The Morgan fingerprint density at radius 2 is 0.909 bits per heavy atom. The summed E-state index contributed by atoms with van der Waals surface area (Å²) >= 11 is 0. The standard InChI is InChI=1S/5ClH.Co.H2O4S/c;;;;;;1-5(2,3)4/h5*1H;;(H2,1,2,3,4)/q;;;;;+5;/p-5. The SMILES string of the molecule is O=S(=O)(O)O.[Cl][Co]([Cl])([Cl])([Cl])[Cl]. The topological polar surface area (TPSA) is 74.6 Å². The van der Waals surface area contributed by atoms with Gasteiger partial charge in [-0.1, -0.05) is 0 Å². The van der Waals surface area contributed by atoms with Gasteiger partial charge in [0, 0.05) is 0 Å². The summed E-state index contributed by atoms with van der Waals surface area (Å²) in [6, 6.07) is 0. The average Bonchev–Trinajstić information content (AvgIpc) is 1.07. The van der Waals surface area contributed by atoms with Crippen LogP contribution in [0.3, 0.4) is 0 Å². The zero-order valence-electron chi connectivity index (χ0n) is 4.34. The molecule has 0 heterocycles. The van der Waals surface area contributed by atoms with Crippen LogP contribution in [0, 0.1) is 0 Å². The quantitative estimate of drug-likeness (QED) is 0.668.